The van der Waals surface area contributed by atoms with Crippen molar-refractivity contribution in [2.45, 2.75) is 50.7 Å². The Hall–Kier alpha value is -4.12. The number of amides is 2. The van der Waals surface area contributed by atoms with Gasteiger partial charge in [-0.15, -0.1) is 0 Å². The number of benzene rings is 3. The molecule has 0 radical (unpaired) electrons. The van der Waals surface area contributed by atoms with Crippen molar-refractivity contribution in [1.82, 2.24) is 10.2 Å². The summed E-state index contributed by atoms with van der Waals surface area (Å²) in [5.74, 6) is -1.01. The molecule has 0 heterocycles. The van der Waals surface area contributed by atoms with Crippen molar-refractivity contribution in [1.29, 1.82) is 0 Å². The molecule has 0 saturated carbocycles. The lowest BCUT2D eigenvalue weighted by Gasteiger charge is -2.32. The highest BCUT2D eigenvalue weighted by molar-refractivity contribution is 7.92. The molecule has 3 aromatic rings. The number of nitrogens with one attached hydrogen (secondary N) is 1. The Bertz CT molecular complexity index is 1450. The molecule has 0 aliphatic heterocycles. The minimum atomic E-state index is -4.31. The van der Waals surface area contributed by atoms with E-state index in [1.165, 1.54) is 74.6 Å². The van der Waals surface area contributed by atoms with E-state index in [1.807, 2.05) is 13.8 Å². The number of methoxy groups -OCH3 is 2. The Balaban J connectivity index is 2.08. The third kappa shape index (κ3) is 7.55. The van der Waals surface area contributed by atoms with Crippen LogP contribution in [0.15, 0.2) is 77.7 Å². The van der Waals surface area contributed by atoms with E-state index in [0.29, 0.717) is 12.2 Å². The second-order valence-corrected chi connectivity index (χ2v) is 11.3. The molecule has 0 unspecified atom stereocenters. The average molecular weight is 586 g/mol. The van der Waals surface area contributed by atoms with E-state index >= 15 is 0 Å². The van der Waals surface area contributed by atoms with Gasteiger partial charge >= 0.3 is 0 Å². The highest BCUT2D eigenvalue weighted by Crippen LogP contribution is 2.33. The molecule has 2 amide bonds. The predicted octanol–water partition coefficient (Wildman–Crippen LogP) is 4.37. The number of carbonyl (C=O) groups excluding carboxylic acids is 2. The maximum Gasteiger partial charge on any atom is 0.264 e. The Kier molecular flexibility index (Phi) is 10.7. The third-order valence-electron chi connectivity index (χ3n) is 6.75. The number of carbonyl (C=O) groups is 2. The molecule has 0 saturated heterocycles. The van der Waals surface area contributed by atoms with Crippen LogP contribution in [0, 0.1) is 5.82 Å². The third-order valence-corrected chi connectivity index (χ3v) is 8.52. The van der Waals surface area contributed by atoms with Gasteiger partial charge in [-0.1, -0.05) is 37.3 Å². The first-order valence-corrected chi connectivity index (χ1v) is 14.6. The summed E-state index contributed by atoms with van der Waals surface area (Å²) in [5.41, 5.74) is 0.313. The van der Waals surface area contributed by atoms with Crippen LogP contribution in [0.2, 0.25) is 0 Å². The fourth-order valence-electron chi connectivity index (χ4n) is 4.08. The molecular formula is C30H36FN3O6S. The molecular weight excluding hydrogens is 549 g/mol. The van der Waals surface area contributed by atoms with E-state index in [9.17, 15) is 22.4 Å². The summed E-state index contributed by atoms with van der Waals surface area (Å²) in [6, 6.07) is 16.9. The summed E-state index contributed by atoms with van der Waals surface area (Å²) in [5, 5.41) is 2.84. The smallest absolute Gasteiger partial charge is 0.264 e. The monoisotopic (exact) mass is 585 g/mol. The van der Waals surface area contributed by atoms with Crippen LogP contribution in [0.4, 0.5) is 10.1 Å². The molecule has 0 aliphatic rings. The van der Waals surface area contributed by atoms with Crippen LogP contribution in [-0.2, 0) is 26.2 Å². The molecule has 41 heavy (non-hydrogen) atoms. The summed E-state index contributed by atoms with van der Waals surface area (Å²) < 4.78 is 54.1. The molecule has 0 fully saturated rings. The van der Waals surface area contributed by atoms with Gasteiger partial charge in [-0.05, 0) is 62.7 Å². The minimum Gasteiger partial charge on any atom is -0.497 e. The molecule has 0 spiro atoms. The Morgan fingerprint density at radius 1 is 0.927 bits per heavy atom. The standard InChI is InChI=1S/C30H36FN3O6S/c1-6-21(2)32-30(36)22(3)33(19-23-11-7-8-12-26(23)31)29(35)20-34(27-13-9-10-14-28(27)40-5)41(37,38)25-17-15-24(39-4)16-18-25/h7-18,21-22H,6,19-20H2,1-5H3,(H,32,36)/t21-,22-/m0/s1. The van der Waals surface area contributed by atoms with Crippen molar-refractivity contribution in [3.05, 3.63) is 84.2 Å². The fourth-order valence-corrected chi connectivity index (χ4v) is 5.51. The highest BCUT2D eigenvalue weighted by atomic mass is 32.2. The normalized spacial score (nSPS) is 12.6. The van der Waals surface area contributed by atoms with E-state index in [-0.39, 0.29) is 34.5 Å². The summed E-state index contributed by atoms with van der Waals surface area (Å²) in [6.07, 6.45) is 0.668. The van der Waals surface area contributed by atoms with Gasteiger partial charge in [0.1, 0.15) is 29.9 Å². The van der Waals surface area contributed by atoms with Crippen molar-refractivity contribution in [2.24, 2.45) is 0 Å². The molecule has 2 atom stereocenters. The van der Waals surface area contributed by atoms with E-state index in [1.54, 1.807) is 24.3 Å². The van der Waals surface area contributed by atoms with Gasteiger partial charge in [0.2, 0.25) is 11.8 Å². The zero-order valence-electron chi connectivity index (χ0n) is 23.8. The van der Waals surface area contributed by atoms with Gasteiger partial charge in [0.15, 0.2) is 0 Å². The molecule has 3 rings (SSSR count). The number of para-hydroxylation sites is 2. The quantitative estimate of drug-likeness (QED) is 0.320. The number of anilines is 1. The van der Waals surface area contributed by atoms with E-state index in [4.69, 9.17) is 9.47 Å². The van der Waals surface area contributed by atoms with Crippen molar-refractivity contribution >= 4 is 27.5 Å². The molecule has 9 nitrogen and oxygen atoms in total. The lowest BCUT2D eigenvalue weighted by atomic mass is 10.1. The number of halogens is 1. The van der Waals surface area contributed by atoms with Crippen molar-refractivity contribution in [2.75, 3.05) is 25.1 Å². The predicted molar refractivity (Wildman–Crippen MR) is 155 cm³/mol. The molecule has 0 aromatic heterocycles. The van der Waals surface area contributed by atoms with Crippen LogP contribution in [-0.4, -0.2) is 58.0 Å². The number of hydrogen-bond acceptors (Lipinski definition) is 6. The number of rotatable bonds is 13. The van der Waals surface area contributed by atoms with Gasteiger partial charge in [0.25, 0.3) is 10.0 Å². The zero-order chi connectivity index (χ0) is 30.2. The van der Waals surface area contributed by atoms with E-state index in [0.717, 1.165) is 4.31 Å². The van der Waals surface area contributed by atoms with Gasteiger partial charge in [-0.3, -0.25) is 13.9 Å². The molecule has 0 aliphatic carbocycles. The van der Waals surface area contributed by atoms with Crippen molar-refractivity contribution in [3.8, 4) is 11.5 Å². The summed E-state index contributed by atoms with van der Waals surface area (Å²) in [6.45, 7) is 4.35. The average Bonchev–Trinajstić information content (AvgIpc) is 2.98. The van der Waals surface area contributed by atoms with E-state index in [2.05, 4.69) is 5.32 Å². The summed E-state index contributed by atoms with van der Waals surface area (Å²) in [4.78, 5) is 28.2. The first-order valence-electron chi connectivity index (χ1n) is 13.2. The lowest BCUT2D eigenvalue weighted by Crippen LogP contribution is -2.52. The van der Waals surface area contributed by atoms with Crippen LogP contribution in [0.5, 0.6) is 11.5 Å². The van der Waals surface area contributed by atoms with Crippen LogP contribution < -0.4 is 19.1 Å². The highest BCUT2D eigenvalue weighted by Gasteiger charge is 2.34. The summed E-state index contributed by atoms with van der Waals surface area (Å²) in [7, 11) is -1.46. The zero-order valence-corrected chi connectivity index (χ0v) is 24.7. The van der Waals surface area contributed by atoms with Gasteiger partial charge < -0.3 is 19.7 Å². The van der Waals surface area contributed by atoms with E-state index < -0.39 is 40.2 Å². The maximum absolute atomic E-state index is 14.7. The van der Waals surface area contributed by atoms with Crippen LogP contribution in [0.3, 0.4) is 0 Å². The molecule has 220 valence electrons. The first-order chi connectivity index (χ1) is 19.5. The lowest BCUT2D eigenvalue weighted by molar-refractivity contribution is -0.139. The second kappa shape index (κ2) is 14.0. The van der Waals surface area contributed by atoms with Crippen molar-refractivity contribution in [3.63, 3.8) is 0 Å². The summed E-state index contributed by atoms with van der Waals surface area (Å²) >= 11 is 0. The molecule has 1 N–H and O–H groups in total. The largest absolute Gasteiger partial charge is 0.497 e. The Labute approximate surface area is 240 Å². The van der Waals surface area contributed by atoms with Gasteiger partial charge in [-0.25, -0.2) is 12.8 Å². The number of ether oxygens (including phenoxy) is 2. The second-order valence-electron chi connectivity index (χ2n) is 9.47. The van der Waals surface area contributed by atoms with Crippen molar-refractivity contribution < 1.29 is 31.9 Å². The Morgan fingerprint density at radius 3 is 2.17 bits per heavy atom. The van der Waals surface area contributed by atoms with Gasteiger partial charge in [-0.2, -0.15) is 0 Å². The fraction of sp³-hybridized carbons (Fsp3) is 0.333. The number of sulfonamides is 1. The molecule has 11 heteroatoms. The molecule has 0 bridgehead atoms. The topological polar surface area (TPSA) is 105 Å². The Morgan fingerprint density at radius 2 is 1.56 bits per heavy atom. The number of hydrogen-bond donors (Lipinski definition) is 1. The SMILES string of the molecule is CC[C@H](C)NC(=O)[C@H](C)N(Cc1ccccc1F)C(=O)CN(c1ccccc1OC)S(=O)(=O)c1ccc(OC)cc1. The van der Waals surface area contributed by atoms with Crippen LogP contribution >= 0.6 is 0 Å². The maximum atomic E-state index is 14.7. The number of nitrogens with zero attached hydrogens (tertiary/aromatic N) is 2. The van der Waals surface area contributed by atoms with Crippen LogP contribution in [0.25, 0.3) is 0 Å². The minimum absolute atomic E-state index is 0.0831. The van der Waals surface area contributed by atoms with Gasteiger partial charge in [0, 0.05) is 18.2 Å². The van der Waals surface area contributed by atoms with Gasteiger partial charge in [0.05, 0.1) is 24.8 Å². The van der Waals surface area contributed by atoms with Crippen LogP contribution in [0.1, 0.15) is 32.8 Å². The molecule has 3 aromatic carbocycles. The first kappa shape index (κ1) is 31.4.